The monoisotopic (exact) mass is 584 g/mol. The molecule has 14 nitrogen and oxygen atoms in total. The number of carbonyl (C=O) groups is 6. The molecule has 1 aliphatic rings. The van der Waals surface area contributed by atoms with Gasteiger partial charge in [-0.25, -0.2) is 4.79 Å². The molecule has 2 aromatic rings. The first-order valence-corrected chi connectivity index (χ1v) is 13.1. The van der Waals surface area contributed by atoms with Gasteiger partial charge in [-0.1, -0.05) is 42.5 Å². The number of phenolic OH excluding ortho intramolecular Hbond substituents is 1. The summed E-state index contributed by atoms with van der Waals surface area (Å²) in [4.78, 5) is 73.2. The first-order chi connectivity index (χ1) is 19.9. The van der Waals surface area contributed by atoms with Crippen molar-refractivity contribution in [2.24, 2.45) is 5.73 Å². The predicted molar refractivity (Wildman–Crippen MR) is 145 cm³/mol. The summed E-state index contributed by atoms with van der Waals surface area (Å²) in [6, 6.07) is 10.8. The van der Waals surface area contributed by atoms with Crippen LogP contribution in [0.1, 0.15) is 30.4 Å². The largest absolute Gasteiger partial charge is 0.508 e. The molecule has 3 rings (SSSR count). The molecule has 42 heavy (non-hydrogen) atoms. The number of carbonyl (C=O) groups excluding carboxylic acids is 4. The standard InChI is InChI=1S/C28H32N4O10/c29-24(36)19(13-15-5-2-1-3-6-15)31-25(37)18(7-4-8-21(34)35)30-26(38)22-23(42-22)27(39)32-20(28(40)41)14-16-9-11-17(33)12-10-16/h1-3,5-6,9-12,18-20,22-23,33H,4,7-8,13-14H2,(H2,29,36)(H,30,38)(H,31,37)(H,32,39)(H,34,35)(H,40,41)/t18-,19-,20-,22-,23-/m0/s1. The molecule has 5 atom stereocenters. The summed E-state index contributed by atoms with van der Waals surface area (Å²) in [7, 11) is 0. The zero-order chi connectivity index (χ0) is 30.8. The summed E-state index contributed by atoms with van der Waals surface area (Å²) in [5.74, 6) is -5.75. The number of hydrogen-bond donors (Lipinski definition) is 7. The molecule has 0 bridgehead atoms. The highest BCUT2D eigenvalue weighted by molar-refractivity contribution is 5.98. The average Bonchev–Trinajstić information content (AvgIpc) is 3.74. The van der Waals surface area contributed by atoms with Gasteiger partial charge < -0.3 is 41.7 Å². The lowest BCUT2D eigenvalue weighted by molar-refractivity contribution is -0.142. The van der Waals surface area contributed by atoms with E-state index in [2.05, 4.69) is 16.0 Å². The van der Waals surface area contributed by atoms with Crippen molar-refractivity contribution < 1.29 is 48.8 Å². The molecule has 8 N–H and O–H groups in total. The van der Waals surface area contributed by atoms with Crippen LogP contribution in [0.2, 0.25) is 0 Å². The fourth-order valence-corrected chi connectivity index (χ4v) is 4.16. The van der Waals surface area contributed by atoms with E-state index < -0.39 is 65.9 Å². The number of ether oxygens (including phenoxy) is 1. The van der Waals surface area contributed by atoms with E-state index in [0.29, 0.717) is 5.56 Å². The van der Waals surface area contributed by atoms with Crippen LogP contribution in [0.25, 0.3) is 0 Å². The minimum Gasteiger partial charge on any atom is -0.508 e. The Bertz CT molecular complexity index is 1300. The van der Waals surface area contributed by atoms with Gasteiger partial charge in [-0.3, -0.25) is 24.0 Å². The number of carboxylic acids is 2. The molecule has 0 unspecified atom stereocenters. The smallest absolute Gasteiger partial charge is 0.326 e. The second kappa shape index (κ2) is 14.6. The Hall–Kier alpha value is -4.98. The minimum atomic E-state index is -1.35. The normalized spacial score (nSPS) is 17.6. The van der Waals surface area contributed by atoms with Crippen molar-refractivity contribution in [2.45, 2.75) is 62.4 Å². The maximum absolute atomic E-state index is 13.1. The molecular formula is C28H32N4O10. The number of amides is 4. The van der Waals surface area contributed by atoms with Crippen LogP contribution in [-0.4, -0.2) is 81.2 Å². The third-order valence-corrected chi connectivity index (χ3v) is 6.46. The topological polar surface area (TPSA) is 238 Å². The minimum absolute atomic E-state index is 0.00816. The molecule has 14 heteroatoms. The van der Waals surface area contributed by atoms with Crippen LogP contribution >= 0.6 is 0 Å². The molecule has 2 aromatic carbocycles. The summed E-state index contributed by atoms with van der Waals surface area (Å²) in [6.07, 6.45) is -3.02. The van der Waals surface area contributed by atoms with Crippen molar-refractivity contribution in [3.05, 3.63) is 65.7 Å². The summed E-state index contributed by atoms with van der Waals surface area (Å²) in [5.41, 5.74) is 6.72. The van der Waals surface area contributed by atoms with Crippen LogP contribution in [0.4, 0.5) is 0 Å². The van der Waals surface area contributed by atoms with Gasteiger partial charge in [0.25, 0.3) is 11.8 Å². The summed E-state index contributed by atoms with van der Waals surface area (Å²) >= 11 is 0. The van der Waals surface area contributed by atoms with E-state index in [1.54, 1.807) is 30.3 Å². The quantitative estimate of drug-likeness (QED) is 0.122. The summed E-state index contributed by atoms with van der Waals surface area (Å²) < 4.78 is 5.16. The number of benzene rings is 2. The number of primary amides is 1. The third-order valence-electron chi connectivity index (χ3n) is 6.46. The Morgan fingerprint density at radius 3 is 1.86 bits per heavy atom. The number of aliphatic carboxylic acids is 2. The first kappa shape index (κ1) is 31.5. The highest BCUT2D eigenvalue weighted by Gasteiger charge is 2.51. The van der Waals surface area contributed by atoms with Crippen LogP contribution in [0, 0.1) is 0 Å². The lowest BCUT2D eigenvalue weighted by Gasteiger charge is -2.22. The molecule has 1 saturated heterocycles. The van der Waals surface area contributed by atoms with Gasteiger partial charge in [0.1, 0.15) is 23.9 Å². The van der Waals surface area contributed by atoms with Crippen molar-refractivity contribution in [3.8, 4) is 5.75 Å². The zero-order valence-corrected chi connectivity index (χ0v) is 22.4. The molecule has 0 radical (unpaired) electrons. The van der Waals surface area contributed by atoms with Gasteiger partial charge in [0.15, 0.2) is 12.2 Å². The number of epoxide rings is 1. The second-order valence-corrected chi connectivity index (χ2v) is 9.75. The van der Waals surface area contributed by atoms with Crippen molar-refractivity contribution >= 4 is 35.6 Å². The third kappa shape index (κ3) is 9.59. The molecule has 4 amide bonds. The van der Waals surface area contributed by atoms with Gasteiger partial charge >= 0.3 is 11.9 Å². The van der Waals surface area contributed by atoms with Crippen molar-refractivity contribution in [3.63, 3.8) is 0 Å². The van der Waals surface area contributed by atoms with Gasteiger partial charge in [-0.15, -0.1) is 0 Å². The maximum Gasteiger partial charge on any atom is 0.326 e. The van der Waals surface area contributed by atoms with E-state index in [-0.39, 0.29) is 37.9 Å². The van der Waals surface area contributed by atoms with Crippen molar-refractivity contribution in [2.75, 3.05) is 0 Å². The highest BCUT2D eigenvalue weighted by atomic mass is 16.6. The number of nitrogens with one attached hydrogen (secondary N) is 3. The zero-order valence-electron chi connectivity index (χ0n) is 22.4. The number of hydrogen-bond acceptors (Lipinski definition) is 8. The average molecular weight is 585 g/mol. The number of rotatable bonds is 16. The fraction of sp³-hybridized carbons (Fsp3) is 0.357. The van der Waals surface area contributed by atoms with Gasteiger partial charge in [-0.05, 0) is 36.1 Å². The summed E-state index contributed by atoms with van der Waals surface area (Å²) in [5, 5.41) is 35.1. The van der Waals surface area contributed by atoms with E-state index in [1.807, 2.05) is 0 Å². The van der Waals surface area contributed by atoms with E-state index in [9.17, 15) is 39.0 Å². The molecule has 1 aliphatic heterocycles. The second-order valence-electron chi connectivity index (χ2n) is 9.75. The molecular weight excluding hydrogens is 552 g/mol. The van der Waals surface area contributed by atoms with E-state index in [0.717, 1.165) is 5.56 Å². The Kier molecular flexibility index (Phi) is 11.0. The highest BCUT2D eigenvalue weighted by Crippen LogP contribution is 2.23. The number of aromatic hydroxyl groups is 1. The molecule has 0 aliphatic carbocycles. The first-order valence-electron chi connectivity index (χ1n) is 13.1. The van der Waals surface area contributed by atoms with Crippen LogP contribution in [0.15, 0.2) is 54.6 Å². The SMILES string of the molecule is NC(=O)[C@H](Cc1ccccc1)NC(=O)[C@H](CCCC(=O)O)NC(=O)[C@H]1O[C@@H]1C(=O)N[C@@H](Cc1ccc(O)cc1)C(=O)O. The molecule has 224 valence electrons. The number of nitrogens with two attached hydrogens (primary N) is 1. The predicted octanol–water partition coefficient (Wildman–Crippen LogP) is -0.776. The lowest BCUT2D eigenvalue weighted by atomic mass is 10.0. The van der Waals surface area contributed by atoms with Crippen LogP contribution in [0.5, 0.6) is 5.75 Å². The van der Waals surface area contributed by atoms with E-state index in [1.165, 1.54) is 24.3 Å². The Morgan fingerprint density at radius 2 is 1.31 bits per heavy atom. The Balaban J connectivity index is 1.61. The van der Waals surface area contributed by atoms with Crippen LogP contribution in [0.3, 0.4) is 0 Å². The van der Waals surface area contributed by atoms with Crippen LogP contribution in [-0.2, 0) is 46.3 Å². The Morgan fingerprint density at radius 1 is 0.762 bits per heavy atom. The lowest BCUT2D eigenvalue weighted by Crippen LogP contribution is -2.54. The molecule has 1 fully saturated rings. The van der Waals surface area contributed by atoms with E-state index >= 15 is 0 Å². The van der Waals surface area contributed by atoms with Crippen molar-refractivity contribution in [1.29, 1.82) is 0 Å². The molecule has 0 saturated carbocycles. The number of carboxylic acid groups (broad SMARTS) is 2. The maximum atomic E-state index is 13.1. The summed E-state index contributed by atoms with van der Waals surface area (Å²) in [6.45, 7) is 0. The molecule has 1 heterocycles. The molecule has 0 spiro atoms. The van der Waals surface area contributed by atoms with Gasteiger partial charge in [0.05, 0.1) is 0 Å². The van der Waals surface area contributed by atoms with Gasteiger partial charge in [-0.2, -0.15) is 0 Å². The van der Waals surface area contributed by atoms with Gasteiger partial charge in [0, 0.05) is 19.3 Å². The molecule has 0 aromatic heterocycles. The Labute approximate surface area is 240 Å². The fourth-order valence-electron chi connectivity index (χ4n) is 4.16. The van der Waals surface area contributed by atoms with Crippen LogP contribution < -0.4 is 21.7 Å². The van der Waals surface area contributed by atoms with Gasteiger partial charge in [0.2, 0.25) is 11.8 Å². The van der Waals surface area contributed by atoms with E-state index in [4.69, 9.17) is 15.6 Å². The van der Waals surface area contributed by atoms with Crippen molar-refractivity contribution in [1.82, 2.24) is 16.0 Å². The number of phenols is 1.